The fourth-order valence-corrected chi connectivity index (χ4v) is 2.15. The molecule has 0 aliphatic rings. The molecule has 3 heteroatoms. The predicted molar refractivity (Wildman–Crippen MR) is 79.7 cm³/mol. The summed E-state index contributed by atoms with van der Waals surface area (Å²) in [5, 5.41) is 13.7. The molecule has 0 saturated heterocycles. The van der Waals surface area contributed by atoms with Gasteiger partial charge in [-0.3, -0.25) is 0 Å². The fourth-order valence-electron chi connectivity index (χ4n) is 2.15. The van der Waals surface area contributed by atoms with Crippen LogP contribution < -0.4 is 10.1 Å². The third kappa shape index (κ3) is 5.21. The highest BCUT2D eigenvalue weighted by molar-refractivity contribution is 5.38. The molecule has 0 spiro atoms. The molecule has 1 aromatic carbocycles. The van der Waals surface area contributed by atoms with Gasteiger partial charge in [0, 0.05) is 18.2 Å². The van der Waals surface area contributed by atoms with Crippen molar-refractivity contribution in [1.82, 2.24) is 5.32 Å². The van der Waals surface area contributed by atoms with Gasteiger partial charge in [0.25, 0.3) is 0 Å². The molecule has 3 nitrogen and oxygen atoms in total. The number of rotatable bonds is 8. The maximum atomic E-state index is 10.3. The number of aryl methyl sites for hydroxylation is 1. The quantitative estimate of drug-likeness (QED) is 0.758. The van der Waals surface area contributed by atoms with Crippen LogP contribution >= 0.6 is 0 Å². The van der Waals surface area contributed by atoms with Crippen LogP contribution in [0.2, 0.25) is 0 Å². The fraction of sp³-hybridized carbons (Fsp3) is 0.625. The van der Waals surface area contributed by atoms with E-state index in [9.17, 15) is 5.11 Å². The van der Waals surface area contributed by atoms with Crippen molar-refractivity contribution in [2.75, 3.05) is 13.7 Å². The monoisotopic (exact) mass is 265 g/mol. The van der Waals surface area contributed by atoms with Crippen molar-refractivity contribution in [1.29, 1.82) is 0 Å². The van der Waals surface area contributed by atoms with E-state index in [1.54, 1.807) is 7.11 Å². The van der Waals surface area contributed by atoms with Crippen LogP contribution in [0.1, 0.15) is 50.3 Å². The number of aliphatic hydroxyl groups is 1. The summed E-state index contributed by atoms with van der Waals surface area (Å²) in [5.74, 6) is 0.751. The molecular formula is C16H27NO2. The molecule has 0 aliphatic heterocycles. The lowest BCUT2D eigenvalue weighted by atomic mass is 10.0. The van der Waals surface area contributed by atoms with Gasteiger partial charge in [-0.05, 0) is 32.4 Å². The Balaban J connectivity index is 2.57. The third-order valence-corrected chi connectivity index (χ3v) is 3.39. The number of nitrogens with one attached hydrogen (secondary N) is 1. The van der Waals surface area contributed by atoms with Crippen molar-refractivity contribution in [2.24, 2.45) is 0 Å². The minimum absolute atomic E-state index is 0.436. The zero-order chi connectivity index (χ0) is 14.3. The summed E-state index contributed by atoms with van der Waals surface area (Å²) < 4.78 is 5.31. The first-order valence-corrected chi connectivity index (χ1v) is 7.14. The Morgan fingerprint density at radius 2 is 2.11 bits per heavy atom. The van der Waals surface area contributed by atoms with E-state index in [2.05, 4.69) is 19.2 Å². The Morgan fingerprint density at radius 3 is 2.74 bits per heavy atom. The zero-order valence-electron chi connectivity index (χ0n) is 12.6. The molecule has 19 heavy (non-hydrogen) atoms. The molecule has 0 fully saturated rings. The molecule has 0 bridgehead atoms. The molecule has 0 aliphatic carbocycles. The summed E-state index contributed by atoms with van der Waals surface area (Å²) in [5.41, 5.74) is 1.99. The minimum atomic E-state index is -0.529. The molecular weight excluding hydrogens is 238 g/mol. The van der Waals surface area contributed by atoms with Crippen LogP contribution in [0.25, 0.3) is 0 Å². The van der Waals surface area contributed by atoms with E-state index < -0.39 is 6.10 Å². The van der Waals surface area contributed by atoms with E-state index in [0.717, 1.165) is 23.3 Å². The van der Waals surface area contributed by atoms with Gasteiger partial charge in [-0.2, -0.15) is 0 Å². The molecule has 1 aromatic rings. The first kappa shape index (κ1) is 16.0. The molecule has 0 amide bonds. The van der Waals surface area contributed by atoms with Crippen molar-refractivity contribution in [3.8, 4) is 5.75 Å². The summed E-state index contributed by atoms with van der Waals surface area (Å²) >= 11 is 0. The molecule has 0 aromatic heterocycles. The van der Waals surface area contributed by atoms with Crippen LogP contribution in [0.15, 0.2) is 18.2 Å². The van der Waals surface area contributed by atoms with Gasteiger partial charge in [0.05, 0.1) is 13.2 Å². The zero-order valence-corrected chi connectivity index (χ0v) is 12.6. The van der Waals surface area contributed by atoms with E-state index >= 15 is 0 Å². The molecule has 0 saturated carbocycles. The Kier molecular flexibility index (Phi) is 6.89. The van der Waals surface area contributed by atoms with E-state index in [0.29, 0.717) is 12.6 Å². The molecule has 108 valence electrons. The van der Waals surface area contributed by atoms with Crippen molar-refractivity contribution < 1.29 is 9.84 Å². The van der Waals surface area contributed by atoms with Crippen molar-refractivity contribution in [3.05, 3.63) is 29.3 Å². The predicted octanol–water partition coefficient (Wildman–Crippen LogP) is 3.21. The summed E-state index contributed by atoms with van der Waals surface area (Å²) in [6.07, 6.45) is 3.05. The number of aliphatic hydroxyl groups excluding tert-OH is 1. The van der Waals surface area contributed by atoms with E-state index in [1.165, 1.54) is 12.8 Å². The molecule has 2 unspecified atom stereocenters. The lowest BCUT2D eigenvalue weighted by Gasteiger charge is -2.19. The molecule has 2 atom stereocenters. The summed E-state index contributed by atoms with van der Waals surface area (Å²) in [6.45, 7) is 6.94. The van der Waals surface area contributed by atoms with Crippen molar-refractivity contribution in [3.63, 3.8) is 0 Å². The van der Waals surface area contributed by atoms with Gasteiger partial charge >= 0.3 is 0 Å². The van der Waals surface area contributed by atoms with E-state index in [4.69, 9.17) is 4.74 Å². The summed E-state index contributed by atoms with van der Waals surface area (Å²) in [4.78, 5) is 0. The second-order valence-corrected chi connectivity index (χ2v) is 5.21. The first-order chi connectivity index (χ1) is 9.08. The molecule has 2 N–H and O–H groups in total. The number of hydrogen-bond donors (Lipinski definition) is 2. The lowest BCUT2D eigenvalue weighted by Crippen LogP contribution is -2.30. The topological polar surface area (TPSA) is 41.5 Å². The number of benzene rings is 1. The first-order valence-electron chi connectivity index (χ1n) is 7.14. The average molecular weight is 265 g/mol. The SMILES string of the molecule is CCCCC(C)NCC(O)c1cc(C)ccc1OC. The lowest BCUT2D eigenvalue weighted by molar-refractivity contribution is 0.165. The van der Waals surface area contributed by atoms with Gasteiger partial charge in [-0.25, -0.2) is 0 Å². The van der Waals surface area contributed by atoms with Gasteiger partial charge in [0.1, 0.15) is 5.75 Å². The van der Waals surface area contributed by atoms with Crippen molar-refractivity contribution in [2.45, 2.75) is 52.2 Å². The highest BCUT2D eigenvalue weighted by atomic mass is 16.5. The second kappa shape index (κ2) is 8.18. The third-order valence-electron chi connectivity index (χ3n) is 3.39. The summed E-state index contributed by atoms with van der Waals surface area (Å²) in [6, 6.07) is 6.33. The van der Waals surface area contributed by atoms with Gasteiger partial charge < -0.3 is 15.2 Å². The number of ether oxygens (including phenoxy) is 1. The maximum absolute atomic E-state index is 10.3. The average Bonchev–Trinajstić information content (AvgIpc) is 2.42. The van der Waals surface area contributed by atoms with Gasteiger partial charge in [0.15, 0.2) is 0 Å². The molecule has 0 radical (unpaired) electrons. The minimum Gasteiger partial charge on any atom is -0.496 e. The van der Waals surface area contributed by atoms with E-state index in [-0.39, 0.29) is 0 Å². The highest BCUT2D eigenvalue weighted by Crippen LogP contribution is 2.25. The number of methoxy groups -OCH3 is 1. The smallest absolute Gasteiger partial charge is 0.124 e. The van der Waals surface area contributed by atoms with Crippen LogP contribution in [0.4, 0.5) is 0 Å². The van der Waals surface area contributed by atoms with E-state index in [1.807, 2.05) is 25.1 Å². The Hall–Kier alpha value is -1.06. The number of unbranched alkanes of at least 4 members (excludes halogenated alkanes) is 1. The summed E-state index contributed by atoms with van der Waals surface area (Å²) in [7, 11) is 1.64. The van der Waals surface area contributed by atoms with Gasteiger partial charge in [-0.15, -0.1) is 0 Å². The van der Waals surface area contributed by atoms with Crippen LogP contribution in [-0.2, 0) is 0 Å². The maximum Gasteiger partial charge on any atom is 0.124 e. The Morgan fingerprint density at radius 1 is 1.37 bits per heavy atom. The second-order valence-electron chi connectivity index (χ2n) is 5.21. The standard InChI is InChI=1S/C16H27NO2/c1-5-6-7-13(3)17-11-15(18)14-10-12(2)8-9-16(14)19-4/h8-10,13,15,17-18H,5-7,11H2,1-4H3. The van der Waals surface area contributed by atoms with Crippen LogP contribution in [-0.4, -0.2) is 24.8 Å². The largest absolute Gasteiger partial charge is 0.496 e. The number of hydrogen-bond acceptors (Lipinski definition) is 3. The highest BCUT2D eigenvalue weighted by Gasteiger charge is 2.14. The van der Waals surface area contributed by atoms with Crippen LogP contribution in [0.3, 0.4) is 0 Å². The van der Waals surface area contributed by atoms with Crippen LogP contribution in [0, 0.1) is 6.92 Å². The van der Waals surface area contributed by atoms with Crippen molar-refractivity contribution >= 4 is 0 Å². The molecule has 1 rings (SSSR count). The Labute approximate surface area is 117 Å². The molecule has 0 heterocycles. The Bertz CT molecular complexity index is 379. The van der Waals surface area contributed by atoms with Gasteiger partial charge in [0.2, 0.25) is 0 Å². The normalized spacial score (nSPS) is 14.2. The van der Waals surface area contributed by atoms with Gasteiger partial charge in [-0.1, -0.05) is 31.4 Å². The van der Waals surface area contributed by atoms with Crippen LogP contribution in [0.5, 0.6) is 5.75 Å².